The van der Waals surface area contributed by atoms with Gasteiger partial charge in [-0.15, -0.1) is 0 Å². The molecule has 1 rings (SSSR count). The highest BCUT2D eigenvalue weighted by Gasteiger charge is 2.23. The second-order valence-corrected chi connectivity index (χ2v) is 5.77. The van der Waals surface area contributed by atoms with Crippen LogP contribution in [0.3, 0.4) is 0 Å². The first-order valence-corrected chi connectivity index (χ1v) is 6.50. The van der Waals surface area contributed by atoms with Crippen LogP contribution in [-0.2, 0) is 14.6 Å². The highest BCUT2D eigenvalue weighted by atomic mass is 32.2. The molecule has 6 heteroatoms. The number of carbonyl (C=O) groups excluding carboxylic acids is 1. The summed E-state index contributed by atoms with van der Waals surface area (Å²) in [6.45, 7) is 2.50. The van der Waals surface area contributed by atoms with Crippen molar-refractivity contribution < 1.29 is 13.2 Å². The van der Waals surface area contributed by atoms with E-state index < -0.39 is 9.84 Å². The fraction of sp³-hybridized carbons (Fsp3) is 0.875. The summed E-state index contributed by atoms with van der Waals surface area (Å²) in [5, 5.41) is 5.76. The van der Waals surface area contributed by atoms with Gasteiger partial charge in [0.1, 0.15) is 0 Å². The standard InChI is InChI=1S/C8H16N2O3S/c1-7(11)9-3-2-8-6-14(12,13)5-4-10-8/h8,10H,2-6H2,1H3,(H,9,11). The first-order chi connectivity index (χ1) is 6.49. The van der Waals surface area contributed by atoms with Crippen LogP contribution in [0, 0.1) is 0 Å². The SMILES string of the molecule is CC(=O)NCCC1CS(=O)(=O)CCN1. The minimum absolute atomic E-state index is 0.0133. The van der Waals surface area contributed by atoms with Crippen LogP contribution in [0.2, 0.25) is 0 Å². The molecule has 14 heavy (non-hydrogen) atoms. The molecule has 1 saturated heterocycles. The Kier molecular flexibility index (Phi) is 3.88. The lowest BCUT2D eigenvalue weighted by atomic mass is 10.2. The van der Waals surface area contributed by atoms with E-state index in [1.54, 1.807) is 0 Å². The minimum Gasteiger partial charge on any atom is -0.356 e. The summed E-state index contributed by atoms with van der Waals surface area (Å²) in [7, 11) is -2.86. The molecular formula is C8H16N2O3S. The maximum atomic E-state index is 11.2. The largest absolute Gasteiger partial charge is 0.356 e. The summed E-state index contributed by atoms with van der Waals surface area (Å²) in [4.78, 5) is 10.6. The molecule has 0 saturated carbocycles. The van der Waals surface area contributed by atoms with Gasteiger partial charge in [0, 0.05) is 26.1 Å². The van der Waals surface area contributed by atoms with E-state index in [1.165, 1.54) is 6.92 Å². The summed E-state index contributed by atoms with van der Waals surface area (Å²) in [6.07, 6.45) is 0.665. The fourth-order valence-corrected chi connectivity index (χ4v) is 2.97. The van der Waals surface area contributed by atoms with Crippen LogP contribution >= 0.6 is 0 Å². The fourth-order valence-electron chi connectivity index (χ4n) is 1.48. The number of amides is 1. The van der Waals surface area contributed by atoms with Crippen molar-refractivity contribution in [3.8, 4) is 0 Å². The predicted octanol–water partition coefficient (Wildman–Crippen LogP) is -1.10. The Bertz CT molecular complexity index is 300. The van der Waals surface area contributed by atoms with Gasteiger partial charge in [-0.25, -0.2) is 8.42 Å². The second-order valence-electron chi connectivity index (χ2n) is 3.54. The van der Waals surface area contributed by atoms with Crippen molar-refractivity contribution in [2.24, 2.45) is 0 Å². The number of rotatable bonds is 3. The third-order valence-corrected chi connectivity index (χ3v) is 3.90. The van der Waals surface area contributed by atoms with E-state index in [2.05, 4.69) is 10.6 Å². The van der Waals surface area contributed by atoms with Gasteiger partial charge >= 0.3 is 0 Å². The Labute approximate surface area is 84.2 Å². The van der Waals surface area contributed by atoms with E-state index in [9.17, 15) is 13.2 Å². The van der Waals surface area contributed by atoms with E-state index >= 15 is 0 Å². The number of sulfone groups is 1. The molecule has 5 nitrogen and oxygen atoms in total. The molecule has 1 fully saturated rings. The van der Waals surface area contributed by atoms with Crippen molar-refractivity contribution in [3.05, 3.63) is 0 Å². The number of nitrogens with one attached hydrogen (secondary N) is 2. The minimum atomic E-state index is -2.86. The number of hydrogen-bond donors (Lipinski definition) is 2. The summed E-state index contributed by atoms with van der Waals surface area (Å²) in [5.74, 6) is 0.333. The van der Waals surface area contributed by atoms with Crippen molar-refractivity contribution >= 4 is 15.7 Å². The molecule has 1 aliphatic rings. The van der Waals surface area contributed by atoms with Crippen LogP contribution in [0.1, 0.15) is 13.3 Å². The van der Waals surface area contributed by atoms with Gasteiger partial charge in [-0.2, -0.15) is 0 Å². The van der Waals surface area contributed by atoms with Crippen molar-refractivity contribution in [2.75, 3.05) is 24.6 Å². The van der Waals surface area contributed by atoms with Crippen LogP contribution in [0.25, 0.3) is 0 Å². The molecular weight excluding hydrogens is 204 g/mol. The van der Waals surface area contributed by atoms with Gasteiger partial charge in [-0.3, -0.25) is 4.79 Å². The van der Waals surface area contributed by atoms with Gasteiger partial charge < -0.3 is 10.6 Å². The predicted molar refractivity (Wildman–Crippen MR) is 53.7 cm³/mol. The zero-order valence-electron chi connectivity index (χ0n) is 8.25. The van der Waals surface area contributed by atoms with Crippen molar-refractivity contribution in [2.45, 2.75) is 19.4 Å². The van der Waals surface area contributed by atoms with Crippen LogP contribution in [0.15, 0.2) is 0 Å². The van der Waals surface area contributed by atoms with Crippen molar-refractivity contribution in [3.63, 3.8) is 0 Å². The van der Waals surface area contributed by atoms with Crippen LogP contribution in [-0.4, -0.2) is 45.0 Å². The van der Waals surface area contributed by atoms with Gasteiger partial charge in [0.25, 0.3) is 0 Å². The molecule has 0 aromatic rings. The van der Waals surface area contributed by atoms with E-state index in [1.807, 2.05) is 0 Å². The quantitative estimate of drug-likeness (QED) is 0.633. The van der Waals surface area contributed by atoms with Crippen LogP contribution < -0.4 is 10.6 Å². The van der Waals surface area contributed by atoms with Gasteiger partial charge in [-0.05, 0) is 6.42 Å². The molecule has 2 N–H and O–H groups in total. The molecule has 0 radical (unpaired) electrons. The maximum absolute atomic E-state index is 11.2. The first kappa shape index (κ1) is 11.5. The van der Waals surface area contributed by atoms with E-state index in [0.717, 1.165) is 0 Å². The monoisotopic (exact) mass is 220 g/mol. The topological polar surface area (TPSA) is 75.3 Å². The molecule has 0 aliphatic carbocycles. The average Bonchev–Trinajstić information content (AvgIpc) is 2.01. The summed E-state index contributed by atoms with van der Waals surface area (Å²) >= 11 is 0. The summed E-state index contributed by atoms with van der Waals surface area (Å²) in [6, 6.07) is -0.0133. The lowest BCUT2D eigenvalue weighted by Gasteiger charge is -2.23. The summed E-state index contributed by atoms with van der Waals surface area (Å²) < 4.78 is 22.5. The maximum Gasteiger partial charge on any atom is 0.216 e. The first-order valence-electron chi connectivity index (χ1n) is 4.68. The van der Waals surface area contributed by atoms with Crippen LogP contribution in [0.4, 0.5) is 0 Å². The van der Waals surface area contributed by atoms with Gasteiger partial charge in [0.2, 0.25) is 5.91 Å². The second kappa shape index (κ2) is 4.75. The van der Waals surface area contributed by atoms with E-state index in [0.29, 0.717) is 19.5 Å². The average molecular weight is 220 g/mol. The molecule has 1 heterocycles. The third kappa shape index (κ3) is 4.06. The van der Waals surface area contributed by atoms with Crippen molar-refractivity contribution in [1.29, 1.82) is 0 Å². The van der Waals surface area contributed by atoms with Gasteiger partial charge in [0.05, 0.1) is 11.5 Å². The highest BCUT2D eigenvalue weighted by molar-refractivity contribution is 7.91. The third-order valence-electron chi connectivity index (χ3n) is 2.17. The zero-order chi connectivity index (χ0) is 10.6. The molecule has 1 atom stereocenters. The lowest BCUT2D eigenvalue weighted by Crippen LogP contribution is -2.46. The molecule has 0 spiro atoms. The Morgan fingerprint density at radius 1 is 1.57 bits per heavy atom. The number of carbonyl (C=O) groups is 1. The lowest BCUT2D eigenvalue weighted by molar-refractivity contribution is -0.118. The van der Waals surface area contributed by atoms with Gasteiger partial charge in [-0.1, -0.05) is 0 Å². The highest BCUT2D eigenvalue weighted by Crippen LogP contribution is 2.03. The van der Waals surface area contributed by atoms with E-state index in [-0.39, 0.29) is 23.5 Å². The van der Waals surface area contributed by atoms with Gasteiger partial charge in [0.15, 0.2) is 9.84 Å². The smallest absolute Gasteiger partial charge is 0.216 e. The Morgan fingerprint density at radius 2 is 2.29 bits per heavy atom. The number of hydrogen-bond acceptors (Lipinski definition) is 4. The van der Waals surface area contributed by atoms with Crippen LogP contribution in [0.5, 0.6) is 0 Å². The Morgan fingerprint density at radius 3 is 2.86 bits per heavy atom. The normalized spacial score (nSPS) is 25.6. The molecule has 1 amide bonds. The van der Waals surface area contributed by atoms with E-state index in [4.69, 9.17) is 0 Å². The molecule has 0 bridgehead atoms. The molecule has 82 valence electrons. The Hall–Kier alpha value is -0.620. The molecule has 1 unspecified atom stereocenters. The van der Waals surface area contributed by atoms with Crippen molar-refractivity contribution in [1.82, 2.24) is 10.6 Å². The zero-order valence-corrected chi connectivity index (χ0v) is 9.06. The molecule has 0 aromatic heterocycles. The summed E-state index contributed by atoms with van der Waals surface area (Å²) in [5.41, 5.74) is 0. The Balaban J connectivity index is 2.28. The molecule has 1 aliphatic heterocycles. The molecule has 0 aromatic carbocycles.